The van der Waals surface area contributed by atoms with Crippen molar-refractivity contribution in [1.29, 1.82) is 0 Å². The molecule has 82 valence electrons. The van der Waals surface area contributed by atoms with Crippen molar-refractivity contribution in [3.8, 4) is 0 Å². The minimum Gasteiger partial charge on any atom is -0.320 e. The van der Waals surface area contributed by atoms with Gasteiger partial charge in [0.05, 0.1) is 0 Å². The average molecular weight is 208 g/mol. The molecule has 0 bridgehead atoms. The highest BCUT2D eigenvalue weighted by Crippen LogP contribution is 2.19. The molecule has 4 heteroatoms. The van der Waals surface area contributed by atoms with E-state index in [1.54, 1.807) is 11.7 Å². The summed E-state index contributed by atoms with van der Waals surface area (Å²) in [6.45, 7) is 8.20. The van der Waals surface area contributed by atoms with E-state index in [9.17, 15) is 0 Å². The molecule has 1 aromatic rings. The van der Waals surface area contributed by atoms with E-state index in [4.69, 9.17) is 10.7 Å². The molecule has 0 saturated carbocycles. The normalized spacial score (nSPS) is 12.7. The fourth-order valence-corrected chi connectivity index (χ4v) is 1.15. The van der Waals surface area contributed by atoms with Crippen LogP contribution in [-0.2, 0) is 5.41 Å². The van der Waals surface area contributed by atoms with Crippen molar-refractivity contribution in [3.05, 3.63) is 30.1 Å². The standard InChI is InChI=1S/C11H18N3O/c1-9(13-12)15-14-7-5-10(6-8-14)11(2,3)4/h5-8H,12H2,1-4H3/q+1/b13-9+. The largest absolute Gasteiger partial charge is 0.320 e. The van der Waals surface area contributed by atoms with Gasteiger partial charge in [0.15, 0.2) is 0 Å². The van der Waals surface area contributed by atoms with Gasteiger partial charge >= 0.3 is 0 Å². The van der Waals surface area contributed by atoms with Gasteiger partial charge in [-0.1, -0.05) is 20.8 Å². The number of pyridine rings is 1. The summed E-state index contributed by atoms with van der Waals surface area (Å²) in [6.07, 6.45) is 3.69. The Morgan fingerprint density at radius 1 is 1.33 bits per heavy atom. The van der Waals surface area contributed by atoms with E-state index in [-0.39, 0.29) is 5.41 Å². The van der Waals surface area contributed by atoms with E-state index < -0.39 is 0 Å². The second kappa shape index (κ2) is 4.29. The third-order valence-electron chi connectivity index (χ3n) is 2.09. The van der Waals surface area contributed by atoms with Crippen LogP contribution in [0.3, 0.4) is 0 Å². The molecule has 1 aromatic heterocycles. The topological polar surface area (TPSA) is 51.5 Å². The molecule has 0 amide bonds. The van der Waals surface area contributed by atoms with Crippen molar-refractivity contribution in [1.82, 2.24) is 0 Å². The van der Waals surface area contributed by atoms with Gasteiger partial charge in [0.25, 0.3) is 5.90 Å². The maximum atomic E-state index is 5.27. The Bertz CT molecular complexity index is 349. The molecule has 0 aromatic carbocycles. The SMILES string of the molecule is C/C(=N\N)O[n+]1ccc(C(C)(C)C)cc1. The molecule has 0 aliphatic rings. The van der Waals surface area contributed by atoms with Crippen LogP contribution < -0.4 is 15.4 Å². The Labute approximate surface area is 90.3 Å². The third kappa shape index (κ3) is 3.23. The molecule has 0 saturated heterocycles. The first-order chi connectivity index (χ1) is 6.93. The number of aromatic nitrogens is 1. The summed E-state index contributed by atoms with van der Waals surface area (Å²) in [5.74, 6) is 5.49. The second-order valence-electron chi connectivity index (χ2n) is 4.44. The number of hydrogen-bond acceptors (Lipinski definition) is 3. The molecule has 1 heterocycles. The highest BCUT2D eigenvalue weighted by molar-refractivity contribution is 5.72. The first-order valence-corrected chi connectivity index (χ1v) is 4.88. The number of nitrogens with zero attached hydrogens (tertiary/aromatic N) is 2. The summed E-state index contributed by atoms with van der Waals surface area (Å²) in [5.41, 5.74) is 1.40. The first kappa shape index (κ1) is 11.5. The quantitative estimate of drug-likeness (QED) is 0.246. The van der Waals surface area contributed by atoms with E-state index in [2.05, 4.69) is 25.9 Å². The van der Waals surface area contributed by atoms with Crippen LogP contribution in [0.4, 0.5) is 0 Å². The Hall–Kier alpha value is -1.58. The first-order valence-electron chi connectivity index (χ1n) is 4.88. The minimum absolute atomic E-state index is 0.149. The molecule has 0 unspecified atom stereocenters. The van der Waals surface area contributed by atoms with E-state index in [0.717, 1.165) is 0 Å². The van der Waals surface area contributed by atoms with Crippen LogP contribution in [0.2, 0.25) is 0 Å². The molecule has 0 radical (unpaired) electrons. The van der Waals surface area contributed by atoms with Gasteiger partial charge in [-0.05, 0) is 11.0 Å². The molecule has 0 atom stereocenters. The van der Waals surface area contributed by atoms with Gasteiger partial charge in [-0.25, -0.2) is 4.84 Å². The molecule has 15 heavy (non-hydrogen) atoms. The van der Waals surface area contributed by atoms with Crippen LogP contribution in [0.15, 0.2) is 29.6 Å². The lowest BCUT2D eigenvalue weighted by Gasteiger charge is -2.17. The Morgan fingerprint density at radius 2 is 1.87 bits per heavy atom. The maximum absolute atomic E-state index is 5.27. The van der Waals surface area contributed by atoms with E-state index in [0.29, 0.717) is 5.90 Å². The highest BCUT2D eigenvalue weighted by atomic mass is 16.7. The Morgan fingerprint density at radius 3 is 2.27 bits per heavy atom. The van der Waals surface area contributed by atoms with Crippen LogP contribution in [0.25, 0.3) is 0 Å². The number of rotatable bonds is 1. The molecular formula is C11H18N3O+. The summed E-state index contributed by atoms with van der Waals surface area (Å²) in [5, 5.41) is 3.43. The minimum atomic E-state index is 0.149. The van der Waals surface area contributed by atoms with Crippen LogP contribution in [0.1, 0.15) is 33.3 Å². The molecule has 0 spiro atoms. The molecule has 2 N–H and O–H groups in total. The fraction of sp³-hybridized carbons (Fsp3) is 0.455. The zero-order valence-electron chi connectivity index (χ0n) is 9.69. The smallest absolute Gasteiger partial charge is 0.284 e. The second-order valence-corrected chi connectivity index (χ2v) is 4.44. The van der Waals surface area contributed by atoms with Gasteiger partial charge in [0, 0.05) is 23.8 Å². The van der Waals surface area contributed by atoms with Crippen LogP contribution in [0.5, 0.6) is 0 Å². The van der Waals surface area contributed by atoms with E-state index in [1.165, 1.54) is 5.56 Å². The van der Waals surface area contributed by atoms with Gasteiger partial charge in [-0.3, -0.25) is 0 Å². The molecule has 4 nitrogen and oxygen atoms in total. The predicted molar refractivity (Wildman–Crippen MR) is 59.2 cm³/mol. The van der Waals surface area contributed by atoms with Gasteiger partial charge in [0.2, 0.25) is 12.4 Å². The maximum Gasteiger partial charge on any atom is 0.284 e. The van der Waals surface area contributed by atoms with Crippen molar-refractivity contribution in [2.75, 3.05) is 0 Å². The average Bonchev–Trinajstić information content (AvgIpc) is 2.17. The lowest BCUT2D eigenvalue weighted by molar-refractivity contribution is -0.866. The van der Waals surface area contributed by atoms with Crippen LogP contribution in [0, 0.1) is 0 Å². The highest BCUT2D eigenvalue weighted by Gasteiger charge is 2.15. The lowest BCUT2D eigenvalue weighted by Crippen LogP contribution is -2.44. The molecule has 0 fully saturated rings. The van der Waals surface area contributed by atoms with Gasteiger partial charge in [-0.15, -0.1) is 5.10 Å². The predicted octanol–water partition coefficient (Wildman–Crippen LogP) is 0.992. The van der Waals surface area contributed by atoms with Gasteiger partial charge in [0.1, 0.15) is 0 Å². The Kier molecular flexibility index (Phi) is 3.29. The van der Waals surface area contributed by atoms with E-state index >= 15 is 0 Å². The zero-order valence-corrected chi connectivity index (χ0v) is 9.69. The van der Waals surface area contributed by atoms with Gasteiger partial charge in [-0.2, -0.15) is 0 Å². The summed E-state index contributed by atoms with van der Waals surface area (Å²) in [6, 6.07) is 4.04. The molecular weight excluding hydrogens is 190 g/mol. The van der Waals surface area contributed by atoms with E-state index in [1.807, 2.05) is 24.5 Å². The monoisotopic (exact) mass is 208 g/mol. The summed E-state index contributed by atoms with van der Waals surface area (Å²) in [7, 11) is 0. The number of hydrogen-bond donors (Lipinski definition) is 1. The number of nitrogens with two attached hydrogens (primary N) is 1. The summed E-state index contributed by atoms with van der Waals surface area (Å²) >= 11 is 0. The summed E-state index contributed by atoms with van der Waals surface area (Å²) in [4.78, 5) is 5.27. The molecule has 0 aliphatic heterocycles. The molecule has 0 aliphatic carbocycles. The van der Waals surface area contributed by atoms with Crippen molar-refractivity contribution < 1.29 is 9.57 Å². The van der Waals surface area contributed by atoms with Crippen molar-refractivity contribution in [2.45, 2.75) is 33.1 Å². The third-order valence-corrected chi connectivity index (χ3v) is 2.09. The fourth-order valence-electron chi connectivity index (χ4n) is 1.15. The van der Waals surface area contributed by atoms with Crippen LogP contribution >= 0.6 is 0 Å². The van der Waals surface area contributed by atoms with Crippen LogP contribution in [-0.4, -0.2) is 5.90 Å². The number of hydrazone groups is 1. The summed E-state index contributed by atoms with van der Waals surface area (Å²) < 4.78 is 1.57. The lowest BCUT2D eigenvalue weighted by atomic mass is 9.88. The van der Waals surface area contributed by atoms with Crippen molar-refractivity contribution in [3.63, 3.8) is 0 Å². The molecule has 1 rings (SSSR count). The Balaban J connectivity index is 2.82. The van der Waals surface area contributed by atoms with Crippen molar-refractivity contribution in [2.24, 2.45) is 10.9 Å². The zero-order chi connectivity index (χ0) is 11.5. The van der Waals surface area contributed by atoms with Gasteiger partial charge < -0.3 is 5.84 Å². The van der Waals surface area contributed by atoms with Crippen molar-refractivity contribution >= 4 is 5.90 Å².